The van der Waals surface area contributed by atoms with Crippen molar-refractivity contribution in [1.29, 1.82) is 0 Å². The van der Waals surface area contributed by atoms with Crippen LogP contribution in [-0.4, -0.2) is 8.58 Å². The van der Waals surface area contributed by atoms with Crippen LogP contribution in [0.1, 0.15) is 0 Å². The highest BCUT2D eigenvalue weighted by Crippen LogP contribution is 2.15. The van der Waals surface area contributed by atoms with Gasteiger partial charge in [-0.15, -0.1) is 11.3 Å². The van der Waals surface area contributed by atoms with Crippen molar-refractivity contribution in [3.05, 3.63) is 32.3 Å². The maximum atomic E-state index is 11.1. The SMILES string of the molecule is O=c1[nH]c(=O)n(Br)c2ccsc12. The van der Waals surface area contributed by atoms with Gasteiger partial charge in [0.2, 0.25) is 0 Å². The van der Waals surface area contributed by atoms with Gasteiger partial charge in [0.25, 0.3) is 5.56 Å². The minimum atomic E-state index is -0.453. The van der Waals surface area contributed by atoms with Crippen LogP contribution in [0.4, 0.5) is 0 Å². The second kappa shape index (κ2) is 2.56. The first-order valence-electron chi connectivity index (χ1n) is 3.09. The summed E-state index contributed by atoms with van der Waals surface area (Å²) in [5, 5.41) is 1.76. The first kappa shape index (κ1) is 7.75. The molecule has 12 heavy (non-hydrogen) atoms. The van der Waals surface area contributed by atoms with E-state index in [4.69, 9.17) is 0 Å². The lowest BCUT2D eigenvalue weighted by atomic mass is 10.5. The van der Waals surface area contributed by atoms with Crippen molar-refractivity contribution < 1.29 is 0 Å². The van der Waals surface area contributed by atoms with Crippen LogP contribution in [0.5, 0.6) is 0 Å². The van der Waals surface area contributed by atoms with Crippen LogP contribution in [-0.2, 0) is 0 Å². The van der Waals surface area contributed by atoms with Crippen molar-refractivity contribution >= 4 is 37.7 Å². The van der Waals surface area contributed by atoms with E-state index >= 15 is 0 Å². The number of nitrogens with zero attached hydrogens (tertiary/aromatic N) is 1. The van der Waals surface area contributed by atoms with Crippen LogP contribution >= 0.6 is 27.5 Å². The van der Waals surface area contributed by atoms with Crippen molar-refractivity contribution in [3.63, 3.8) is 0 Å². The number of thiophene rings is 1. The van der Waals surface area contributed by atoms with Crippen molar-refractivity contribution in [3.8, 4) is 0 Å². The lowest BCUT2D eigenvalue weighted by molar-refractivity contribution is 1.06. The van der Waals surface area contributed by atoms with Crippen molar-refractivity contribution in [2.24, 2.45) is 0 Å². The van der Waals surface area contributed by atoms with Crippen molar-refractivity contribution in [1.82, 2.24) is 8.58 Å². The lowest BCUT2D eigenvalue weighted by Gasteiger charge is -1.93. The number of aromatic nitrogens is 2. The fourth-order valence-corrected chi connectivity index (χ4v) is 2.21. The molecule has 2 aromatic rings. The van der Waals surface area contributed by atoms with E-state index < -0.39 is 5.69 Å². The highest BCUT2D eigenvalue weighted by molar-refractivity contribution is 9.08. The van der Waals surface area contributed by atoms with E-state index in [1.807, 2.05) is 0 Å². The van der Waals surface area contributed by atoms with Crippen molar-refractivity contribution in [2.75, 3.05) is 0 Å². The Morgan fingerprint density at radius 3 is 3.00 bits per heavy atom. The van der Waals surface area contributed by atoms with Gasteiger partial charge < -0.3 is 0 Å². The molecule has 0 atom stereocenters. The molecule has 4 nitrogen and oxygen atoms in total. The second-order valence-corrected chi connectivity index (χ2v) is 3.80. The maximum absolute atomic E-state index is 11.1. The van der Waals surface area contributed by atoms with E-state index in [9.17, 15) is 9.59 Å². The Morgan fingerprint density at radius 1 is 1.50 bits per heavy atom. The molecule has 2 aromatic heterocycles. The summed E-state index contributed by atoms with van der Waals surface area (Å²) in [7, 11) is 0. The van der Waals surface area contributed by atoms with Crippen LogP contribution in [0.3, 0.4) is 0 Å². The molecule has 0 aliphatic carbocycles. The smallest absolute Gasteiger partial charge is 0.272 e. The molecule has 0 aromatic carbocycles. The number of hydrogen-bond donors (Lipinski definition) is 1. The van der Waals surface area contributed by atoms with E-state index in [-0.39, 0.29) is 5.56 Å². The Hall–Kier alpha value is -0.880. The average Bonchev–Trinajstić information content (AvgIpc) is 2.48. The minimum Gasteiger partial charge on any atom is -0.272 e. The van der Waals surface area contributed by atoms with Gasteiger partial charge in [0.1, 0.15) is 4.70 Å². The molecule has 2 rings (SSSR count). The Balaban J connectivity index is 3.18. The van der Waals surface area contributed by atoms with E-state index in [2.05, 4.69) is 21.1 Å². The van der Waals surface area contributed by atoms with Crippen molar-refractivity contribution in [2.45, 2.75) is 0 Å². The summed E-state index contributed by atoms with van der Waals surface area (Å²) in [4.78, 5) is 24.3. The molecule has 0 amide bonds. The number of hydrogen-bond acceptors (Lipinski definition) is 3. The van der Waals surface area contributed by atoms with Gasteiger partial charge in [0, 0.05) is 0 Å². The number of H-pyrrole nitrogens is 1. The number of nitrogens with one attached hydrogen (secondary N) is 1. The summed E-state index contributed by atoms with van der Waals surface area (Å²) >= 11 is 4.34. The molecule has 0 saturated heterocycles. The van der Waals surface area contributed by atoms with E-state index in [1.54, 1.807) is 11.4 Å². The third-order valence-corrected chi connectivity index (χ3v) is 3.07. The van der Waals surface area contributed by atoms with Gasteiger partial charge in [-0.2, -0.15) is 0 Å². The zero-order valence-corrected chi connectivity index (χ0v) is 8.11. The van der Waals surface area contributed by atoms with Gasteiger partial charge in [-0.25, -0.2) is 8.39 Å². The zero-order chi connectivity index (χ0) is 8.72. The lowest BCUT2D eigenvalue weighted by Crippen LogP contribution is -2.24. The van der Waals surface area contributed by atoms with Crippen LogP contribution in [0.25, 0.3) is 10.2 Å². The third-order valence-electron chi connectivity index (χ3n) is 1.46. The molecule has 0 aliphatic heterocycles. The van der Waals surface area contributed by atoms with E-state index in [1.165, 1.54) is 14.9 Å². The van der Waals surface area contributed by atoms with Gasteiger partial charge in [0.15, 0.2) is 0 Å². The van der Waals surface area contributed by atoms with Gasteiger partial charge in [-0.3, -0.25) is 9.78 Å². The Bertz CT molecular complexity index is 538. The highest BCUT2D eigenvalue weighted by atomic mass is 79.9. The van der Waals surface area contributed by atoms with Crippen LogP contribution < -0.4 is 11.2 Å². The van der Waals surface area contributed by atoms with Crippen LogP contribution in [0.2, 0.25) is 0 Å². The summed E-state index contributed by atoms with van der Waals surface area (Å²) < 4.78 is 1.78. The summed E-state index contributed by atoms with van der Waals surface area (Å²) in [6.07, 6.45) is 0. The molecule has 0 saturated carbocycles. The molecule has 62 valence electrons. The molecule has 1 N–H and O–H groups in total. The Labute approximate surface area is 78.8 Å². The van der Waals surface area contributed by atoms with Gasteiger partial charge in [-0.1, -0.05) is 0 Å². The second-order valence-electron chi connectivity index (χ2n) is 2.18. The molecular formula is C6H3BrN2O2S. The van der Waals surface area contributed by atoms with Crippen LogP contribution in [0.15, 0.2) is 21.0 Å². The monoisotopic (exact) mass is 246 g/mol. The van der Waals surface area contributed by atoms with E-state index in [0.29, 0.717) is 10.2 Å². The predicted molar refractivity (Wildman–Crippen MR) is 51.0 cm³/mol. The Kier molecular flexibility index (Phi) is 1.66. The molecule has 0 spiro atoms. The zero-order valence-electron chi connectivity index (χ0n) is 5.70. The standard InChI is InChI=1S/C6H3BrN2O2S/c7-9-3-1-2-12-4(3)5(10)8-6(9)11/h1-2H,(H,8,10,11). The largest absolute Gasteiger partial charge is 0.339 e. The van der Waals surface area contributed by atoms with Gasteiger partial charge in [-0.05, 0) is 11.4 Å². The summed E-state index contributed by atoms with van der Waals surface area (Å²) in [5.74, 6) is 0. The first-order chi connectivity index (χ1) is 5.70. The summed E-state index contributed by atoms with van der Waals surface area (Å²) in [6, 6.07) is 1.71. The molecule has 0 fully saturated rings. The fraction of sp³-hybridized carbons (Fsp3) is 0. The molecular weight excluding hydrogens is 244 g/mol. The minimum absolute atomic E-state index is 0.333. The number of halogens is 1. The number of fused-ring (bicyclic) bond motifs is 1. The molecule has 0 unspecified atom stereocenters. The third kappa shape index (κ3) is 0.953. The van der Waals surface area contributed by atoms with Crippen LogP contribution in [0, 0.1) is 0 Å². The van der Waals surface area contributed by atoms with E-state index in [0.717, 1.165) is 0 Å². The van der Waals surface area contributed by atoms with Gasteiger partial charge in [0.05, 0.1) is 21.7 Å². The maximum Gasteiger partial charge on any atom is 0.339 e. The molecule has 2 heterocycles. The first-order valence-corrected chi connectivity index (χ1v) is 4.68. The normalized spacial score (nSPS) is 10.8. The Morgan fingerprint density at radius 2 is 2.25 bits per heavy atom. The molecule has 0 bridgehead atoms. The topological polar surface area (TPSA) is 54.9 Å². The molecule has 0 aliphatic rings. The number of rotatable bonds is 0. The fourth-order valence-electron chi connectivity index (χ4n) is 0.939. The quantitative estimate of drug-likeness (QED) is 0.752. The predicted octanol–water partition coefficient (Wildman–Crippen LogP) is 0.909. The molecule has 6 heteroatoms. The average molecular weight is 247 g/mol. The highest BCUT2D eigenvalue weighted by Gasteiger charge is 2.05. The summed E-state index contributed by atoms with van der Waals surface area (Å²) in [5.41, 5.74) is -0.180. The number of aromatic amines is 1. The summed E-state index contributed by atoms with van der Waals surface area (Å²) in [6.45, 7) is 0. The molecule has 0 radical (unpaired) electrons. The van der Waals surface area contributed by atoms with Gasteiger partial charge >= 0.3 is 5.69 Å².